The zero-order valence-electron chi connectivity index (χ0n) is 15.0. The molecule has 0 spiro atoms. The van der Waals surface area contributed by atoms with Crippen LogP contribution >= 0.6 is 12.4 Å². The maximum Gasteiger partial charge on any atom is 0.289 e. The number of aryl methyl sites for hydroxylation is 1. The SMILES string of the molecule is Cc1oc(C(=O)N(C)C2CC3CCC(C2)N3)cc1S(=O)(=O)N(C)C.Cl. The average Bonchev–Trinajstić information content (AvgIpc) is 3.08. The minimum atomic E-state index is -3.62. The molecule has 142 valence electrons. The molecule has 0 radical (unpaired) electrons. The molecule has 2 atom stereocenters. The number of nitrogens with zero attached hydrogens (tertiary/aromatic N) is 2. The zero-order chi connectivity index (χ0) is 17.6. The van der Waals surface area contributed by atoms with E-state index >= 15 is 0 Å². The number of carbonyl (C=O) groups excluding carboxylic acids is 1. The van der Waals surface area contributed by atoms with Crippen LogP contribution in [0.5, 0.6) is 0 Å². The van der Waals surface area contributed by atoms with Crippen molar-refractivity contribution in [2.75, 3.05) is 21.1 Å². The quantitative estimate of drug-likeness (QED) is 0.843. The fourth-order valence-electron chi connectivity index (χ4n) is 3.71. The van der Waals surface area contributed by atoms with Crippen LogP contribution in [0.25, 0.3) is 0 Å². The van der Waals surface area contributed by atoms with Crippen molar-refractivity contribution in [1.82, 2.24) is 14.5 Å². The highest BCUT2D eigenvalue weighted by Gasteiger charge is 2.37. The number of hydrogen-bond donors (Lipinski definition) is 1. The number of halogens is 1. The second-order valence-electron chi connectivity index (χ2n) is 7.00. The molecule has 2 aliphatic heterocycles. The molecule has 3 heterocycles. The highest BCUT2D eigenvalue weighted by atomic mass is 35.5. The summed E-state index contributed by atoms with van der Waals surface area (Å²) < 4.78 is 31.2. The lowest BCUT2D eigenvalue weighted by Gasteiger charge is -2.35. The lowest BCUT2D eigenvalue weighted by Crippen LogP contribution is -2.48. The summed E-state index contributed by atoms with van der Waals surface area (Å²) in [5.41, 5.74) is 0. The molecule has 2 aliphatic rings. The fraction of sp³-hybridized carbons (Fsp3) is 0.688. The predicted molar refractivity (Wildman–Crippen MR) is 96.6 cm³/mol. The van der Waals surface area contributed by atoms with Crippen molar-refractivity contribution in [1.29, 1.82) is 0 Å². The van der Waals surface area contributed by atoms with Gasteiger partial charge in [-0.15, -0.1) is 12.4 Å². The Hall–Kier alpha value is -1.09. The smallest absolute Gasteiger partial charge is 0.289 e. The summed E-state index contributed by atoms with van der Waals surface area (Å²) in [6, 6.07) is 2.47. The van der Waals surface area contributed by atoms with Crippen molar-refractivity contribution in [3.05, 3.63) is 17.6 Å². The van der Waals surface area contributed by atoms with Crippen molar-refractivity contribution >= 4 is 28.3 Å². The first-order valence-electron chi connectivity index (χ1n) is 8.26. The topological polar surface area (TPSA) is 82.9 Å². The molecule has 2 unspecified atom stereocenters. The van der Waals surface area contributed by atoms with Gasteiger partial charge in [0.05, 0.1) is 0 Å². The molecule has 2 saturated heterocycles. The average molecular weight is 392 g/mol. The first-order chi connectivity index (χ1) is 11.2. The molecule has 3 rings (SSSR count). The molecule has 1 aromatic heterocycles. The number of amides is 1. The number of rotatable bonds is 4. The van der Waals surface area contributed by atoms with E-state index in [9.17, 15) is 13.2 Å². The normalized spacial score (nSPS) is 25.7. The third-order valence-electron chi connectivity index (χ3n) is 5.16. The Labute approximate surface area is 155 Å². The van der Waals surface area contributed by atoms with Crippen molar-refractivity contribution in [3.63, 3.8) is 0 Å². The van der Waals surface area contributed by atoms with Gasteiger partial charge in [-0.1, -0.05) is 0 Å². The second kappa shape index (κ2) is 7.26. The summed E-state index contributed by atoms with van der Waals surface area (Å²) in [7, 11) is 1.07. The van der Waals surface area contributed by atoms with Crippen LogP contribution in [0.15, 0.2) is 15.4 Å². The summed E-state index contributed by atoms with van der Waals surface area (Å²) in [5, 5.41) is 3.55. The molecular formula is C16H26ClN3O4S. The van der Waals surface area contributed by atoms with Crippen LogP contribution < -0.4 is 5.32 Å². The van der Waals surface area contributed by atoms with Crippen LogP contribution in [0, 0.1) is 6.92 Å². The molecule has 25 heavy (non-hydrogen) atoms. The number of nitrogens with one attached hydrogen (secondary N) is 1. The first-order valence-corrected chi connectivity index (χ1v) is 9.70. The number of carbonyl (C=O) groups is 1. The van der Waals surface area contributed by atoms with Gasteiger partial charge in [0, 0.05) is 45.3 Å². The van der Waals surface area contributed by atoms with Gasteiger partial charge in [-0.25, -0.2) is 12.7 Å². The van der Waals surface area contributed by atoms with Gasteiger partial charge in [0.1, 0.15) is 10.7 Å². The van der Waals surface area contributed by atoms with Gasteiger partial charge < -0.3 is 14.6 Å². The van der Waals surface area contributed by atoms with E-state index in [2.05, 4.69) is 5.32 Å². The molecule has 9 heteroatoms. The number of piperidine rings is 1. The Morgan fingerprint density at radius 3 is 2.28 bits per heavy atom. The molecular weight excluding hydrogens is 366 g/mol. The molecule has 7 nitrogen and oxygen atoms in total. The van der Waals surface area contributed by atoms with Crippen molar-refractivity contribution < 1.29 is 17.6 Å². The highest BCUT2D eigenvalue weighted by molar-refractivity contribution is 7.89. The van der Waals surface area contributed by atoms with Crippen LogP contribution in [0.4, 0.5) is 0 Å². The lowest BCUT2D eigenvalue weighted by atomic mass is 9.98. The summed E-state index contributed by atoms with van der Waals surface area (Å²) in [6.07, 6.45) is 4.19. The van der Waals surface area contributed by atoms with Gasteiger partial charge in [-0.3, -0.25) is 4.79 Å². The predicted octanol–water partition coefficient (Wildman–Crippen LogP) is 1.62. The van der Waals surface area contributed by atoms with Gasteiger partial charge >= 0.3 is 0 Å². The Bertz CT molecular complexity index is 735. The largest absolute Gasteiger partial charge is 0.455 e. The molecule has 0 saturated carbocycles. The number of furan rings is 1. The van der Waals surface area contributed by atoms with Crippen molar-refractivity contribution in [2.24, 2.45) is 0 Å². The number of fused-ring (bicyclic) bond motifs is 2. The molecule has 1 aromatic rings. The number of sulfonamides is 1. The standard InChI is InChI=1S/C16H25N3O4S.ClH/c1-10-15(24(21,22)18(2)3)9-14(23-10)16(20)19(4)13-7-11-5-6-12(8-13)17-11;/h9,11-13,17H,5-8H2,1-4H3;1H. The maximum absolute atomic E-state index is 12.7. The minimum Gasteiger partial charge on any atom is -0.455 e. The van der Waals surface area contributed by atoms with Crippen LogP contribution in [0.3, 0.4) is 0 Å². The monoisotopic (exact) mass is 391 g/mol. The van der Waals surface area contributed by atoms with Gasteiger partial charge in [-0.05, 0) is 32.6 Å². The highest BCUT2D eigenvalue weighted by Crippen LogP contribution is 2.30. The van der Waals surface area contributed by atoms with Crippen LogP contribution in [-0.2, 0) is 10.0 Å². The van der Waals surface area contributed by atoms with Crippen molar-refractivity contribution in [3.8, 4) is 0 Å². The van der Waals surface area contributed by atoms with Crippen LogP contribution in [0.1, 0.15) is 42.0 Å². The minimum absolute atomic E-state index is 0. The molecule has 0 aromatic carbocycles. The fourth-order valence-corrected chi connectivity index (χ4v) is 4.76. The van der Waals surface area contributed by atoms with E-state index in [4.69, 9.17) is 4.42 Å². The Kier molecular flexibility index (Phi) is 5.88. The zero-order valence-corrected chi connectivity index (χ0v) is 16.6. The van der Waals surface area contributed by atoms with E-state index in [0.29, 0.717) is 12.1 Å². The molecule has 2 fully saturated rings. The first kappa shape index (κ1) is 20.2. The van der Waals surface area contributed by atoms with E-state index in [1.165, 1.54) is 20.2 Å². The molecule has 0 aliphatic carbocycles. The Morgan fingerprint density at radius 2 is 1.76 bits per heavy atom. The van der Waals surface area contributed by atoms with E-state index in [-0.39, 0.29) is 40.8 Å². The van der Waals surface area contributed by atoms with Crippen molar-refractivity contribution in [2.45, 2.75) is 55.6 Å². The van der Waals surface area contributed by atoms with Gasteiger partial charge in [-0.2, -0.15) is 0 Å². The Morgan fingerprint density at radius 1 is 1.20 bits per heavy atom. The second-order valence-corrected chi connectivity index (χ2v) is 9.12. The van der Waals surface area contributed by atoms with Crippen LogP contribution in [-0.4, -0.2) is 62.8 Å². The van der Waals surface area contributed by atoms with E-state index < -0.39 is 10.0 Å². The molecule has 2 bridgehead atoms. The summed E-state index contributed by atoms with van der Waals surface area (Å²) in [4.78, 5) is 14.5. The maximum atomic E-state index is 12.7. The van der Waals surface area contributed by atoms with Gasteiger partial charge in [0.15, 0.2) is 5.76 Å². The molecule has 1 N–H and O–H groups in total. The van der Waals surface area contributed by atoms with Gasteiger partial charge in [0.2, 0.25) is 10.0 Å². The third-order valence-corrected chi connectivity index (χ3v) is 7.08. The van der Waals surface area contributed by atoms with Gasteiger partial charge in [0.25, 0.3) is 5.91 Å². The molecule has 1 amide bonds. The Balaban J connectivity index is 0.00000225. The van der Waals surface area contributed by atoms with E-state index in [0.717, 1.165) is 30.0 Å². The third kappa shape index (κ3) is 3.72. The van der Waals surface area contributed by atoms with E-state index in [1.807, 2.05) is 0 Å². The summed E-state index contributed by atoms with van der Waals surface area (Å²) >= 11 is 0. The summed E-state index contributed by atoms with van der Waals surface area (Å²) in [5.74, 6) is 0.0664. The summed E-state index contributed by atoms with van der Waals surface area (Å²) in [6.45, 7) is 1.57. The lowest BCUT2D eigenvalue weighted by molar-refractivity contribution is 0.0648. The van der Waals surface area contributed by atoms with E-state index in [1.54, 1.807) is 18.9 Å². The number of hydrogen-bond acceptors (Lipinski definition) is 5. The van der Waals surface area contributed by atoms with Crippen LogP contribution in [0.2, 0.25) is 0 Å².